The lowest BCUT2D eigenvalue weighted by Gasteiger charge is -2.25. The fraction of sp³-hybridized carbons (Fsp3) is 0.533. The van der Waals surface area contributed by atoms with Gasteiger partial charge in [0.25, 0.3) is 0 Å². The highest BCUT2D eigenvalue weighted by atomic mass is 79.9. The van der Waals surface area contributed by atoms with Gasteiger partial charge in [-0.15, -0.1) is 0 Å². The normalized spacial score (nSPS) is 12.2. The Morgan fingerprint density at radius 1 is 1.21 bits per heavy atom. The van der Waals surface area contributed by atoms with Crippen LogP contribution in [0.25, 0.3) is 11.0 Å². The van der Waals surface area contributed by atoms with Gasteiger partial charge in [-0.3, -0.25) is 0 Å². The fourth-order valence-electron chi connectivity index (χ4n) is 2.72. The van der Waals surface area contributed by atoms with Crippen molar-refractivity contribution in [1.29, 1.82) is 0 Å². The molecule has 1 aromatic heterocycles. The van der Waals surface area contributed by atoms with Gasteiger partial charge < -0.3 is 10.3 Å². The van der Waals surface area contributed by atoms with Crippen molar-refractivity contribution < 1.29 is 0 Å². The lowest BCUT2D eigenvalue weighted by Crippen LogP contribution is -2.22. The predicted molar refractivity (Wildman–Crippen MR) is 85.0 cm³/mol. The summed E-state index contributed by atoms with van der Waals surface area (Å²) in [5, 5.41) is 0. The number of nitrogen functional groups attached to an aromatic ring is 1. The summed E-state index contributed by atoms with van der Waals surface area (Å²) in [6, 6.07) is 6.14. The van der Waals surface area contributed by atoms with Gasteiger partial charge in [-0.05, 0) is 36.0 Å². The first-order valence-corrected chi connectivity index (χ1v) is 7.60. The van der Waals surface area contributed by atoms with Crippen LogP contribution in [0.5, 0.6) is 0 Å². The van der Waals surface area contributed by atoms with Crippen LogP contribution in [0.3, 0.4) is 0 Å². The first-order valence-electron chi connectivity index (χ1n) is 6.81. The molecule has 1 aromatic carbocycles. The number of rotatable bonds is 4. The number of nitrogens with two attached hydrogens (primary N) is 1. The molecule has 104 valence electrons. The first-order chi connectivity index (χ1) is 8.90. The average Bonchev–Trinajstić information content (AvgIpc) is 2.60. The van der Waals surface area contributed by atoms with Crippen molar-refractivity contribution in [2.24, 2.45) is 17.8 Å². The standard InChI is InChI=1S/C15H22BrN3/c1-9(2)12(10(3)4)8-19-14-6-5-11(16)7-13(14)18-15(19)17/h5-7,9-10,12H,8H2,1-4H3,(H2,17,18). The molecule has 0 saturated heterocycles. The van der Waals surface area contributed by atoms with Crippen LogP contribution < -0.4 is 5.73 Å². The molecule has 0 atom stereocenters. The van der Waals surface area contributed by atoms with Gasteiger partial charge in [-0.2, -0.15) is 0 Å². The largest absolute Gasteiger partial charge is 0.369 e. The van der Waals surface area contributed by atoms with Crippen molar-refractivity contribution in [2.75, 3.05) is 5.73 Å². The maximum atomic E-state index is 6.09. The molecule has 0 aliphatic carbocycles. The van der Waals surface area contributed by atoms with E-state index in [1.807, 2.05) is 12.1 Å². The number of anilines is 1. The molecule has 0 unspecified atom stereocenters. The van der Waals surface area contributed by atoms with Crippen LogP contribution >= 0.6 is 15.9 Å². The summed E-state index contributed by atoms with van der Waals surface area (Å²) in [5.74, 6) is 2.47. The van der Waals surface area contributed by atoms with Gasteiger partial charge in [-0.1, -0.05) is 43.6 Å². The van der Waals surface area contributed by atoms with Crippen LogP contribution in [0.15, 0.2) is 22.7 Å². The summed E-state index contributed by atoms with van der Waals surface area (Å²) in [4.78, 5) is 4.46. The van der Waals surface area contributed by atoms with Crippen LogP contribution in [-0.4, -0.2) is 9.55 Å². The zero-order valence-electron chi connectivity index (χ0n) is 12.0. The van der Waals surface area contributed by atoms with Crippen LogP contribution in [0, 0.1) is 17.8 Å². The van der Waals surface area contributed by atoms with Crippen molar-refractivity contribution in [3.05, 3.63) is 22.7 Å². The zero-order valence-corrected chi connectivity index (χ0v) is 13.6. The van der Waals surface area contributed by atoms with Crippen molar-refractivity contribution in [3.63, 3.8) is 0 Å². The van der Waals surface area contributed by atoms with E-state index < -0.39 is 0 Å². The predicted octanol–water partition coefficient (Wildman–Crippen LogP) is 4.31. The minimum Gasteiger partial charge on any atom is -0.369 e. The highest BCUT2D eigenvalue weighted by Gasteiger charge is 2.20. The smallest absolute Gasteiger partial charge is 0.201 e. The van der Waals surface area contributed by atoms with Crippen LogP contribution in [0.2, 0.25) is 0 Å². The molecular formula is C15H22BrN3. The Bertz CT molecular complexity index is 564. The van der Waals surface area contributed by atoms with E-state index in [9.17, 15) is 0 Å². The van der Waals surface area contributed by atoms with E-state index in [-0.39, 0.29) is 0 Å². The van der Waals surface area contributed by atoms with Gasteiger partial charge in [-0.25, -0.2) is 4.98 Å². The molecule has 2 aromatic rings. The number of imidazole rings is 1. The average molecular weight is 324 g/mol. The first kappa shape index (κ1) is 14.4. The van der Waals surface area contributed by atoms with Gasteiger partial charge in [0.15, 0.2) is 0 Å². The number of hydrogen-bond acceptors (Lipinski definition) is 2. The summed E-state index contributed by atoms with van der Waals surface area (Å²) in [6.07, 6.45) is 0. The number of benzene rings is 1. The highest BCUT2D eigenvalue weighted by Crippen LogP contribution is 2.27. The van der Waals surface area contributed by atoms with Gasteiger partial charge in [0.05, 0.1) is 11.0 Å². The number of nitrogens with zero attached hydrogens (tertiary/aromatic N) is 2. The minimum atomic E-state index is 0.600. The lowest BCUT2D eigenvalue weighted by molar-refractivity contribution is 0.255. The Labute approximate surface area is 123 Å². The van der Waals surface area contributed by atoms with E-state index >= 15 is 0 Å². The minimum absolute atomic E-state index is 0.600. The van der Waals surface area contributed by atoms with Gasteiger partial charge in [0.1, 0.15) is 0 Å². The molecule has 0 aliphatic rings. The van der Waals surface area contributed by atoms with E-state index in [0.717, 1.165) is 22.1 Å². The fourth-order valence-corrected chi connectivity index (χ4v) is 3.06. The Balaban J connectivity index is 2.42. The monoisotopic (exact) mass is 323 g/mol. The molecule has 4 heteroatoms. The third-order valence-electron chi connectivity index (χ3n) is 3.85. The van der Waals surface area contributed by atoms with Crippen LogP contribution in [0.1, 0.15) is 27.7 Å². The number of aromatic nitrogens is 2. The molecule has 0 radical (unpaired) electrons. The maximum absolute atomic E-state index is 6.09. The molecule has 0 amide bonds. The molecule has 2 rings (SSSR count). The van der Waals surface area contributed by atoms with E-state index in [1.54, 1.807) is 0 Å². The lowest BCUT2D eigenvalue weighted by atomic mass is 9.85. The Morgan fingerprint density at radius 3 is 2.42 bits per heavy atom. The van der Waals surface area contributed by atoms with Crippen molar-refractivity contribution in [1.82, 2.24) is 9.55 Å². The molecule has 3 nitrogen and oxygen atoms in total. The molecule has 0 bridgehead atoms. The molecule has 1 heterocycles. The topological polar surface area (TPSA) is 43.8 Å². The molecule has 19 heavy (non-hydrogen) atoms. The van der Waals surface area contributed by atoms with Crippen molar-refractivity contribution in [3.8, 4) is 0 Å². The van der Waals surface area contributed by atoms with Crippen LogP contribution in [0.4, 0.5) is 5.95 Å². The number of halogens is 1. The SMILES string of the molecule is CC(C)C(Cn1c(N)nc2cc(Br)ccc21)C(C)C. The van der Waals surface area contributed by atoms with E-state index in [4.69, 9.17) is 5.73 Å². The summed E-state index contributed by atoms with van der Waals surface area (Å²) in [6.45, 7) is 10.0. The molecule has 0 spiro atoms. The van der Waals surface area contributed by atoms with Crippen molar-refractivity contribution in [2.45, 2.75) is 34.2 Å². The Morgan fingerprint density at radius 2 is 1.84 bits per heavy atom. The second-order valence-electron chi connectivity index (χ2n) is 5.87. The van der Waals surface area contributed by atoms with Crippen molar-refractivity contribution >= 4 is 32.9 Å². The quantitative estimate of drug-likeness (QED) is 0.911. The Hall–Kier alpha value is -1.03. The third kappa shape index (κ3) is 2.94. The second-order valence-corrected chi connectivity index (χ2v) is 6.78. The summed E-state index contributed by atoms with van der Waals surface area (Å²) in [7, 11) is 0. The molecular weight excluding hydrogens is 302 g/mol. The molecule has 0 saturated carbocycles. The molecule has 2 N–H and O–H groups in total. The van der Waals surface area contributed by atoms with Crippen LogP contribution in [-0.2, 0) is 6.54 Å². The summed E-state index contributed by atoms with van der Waals surface area (Å²) >= 11 is 3.47. The highest BCUT2D eigenvalue weighted by molar-refractivity contribution is 9.10. The second kappa shape index (κ2) is 5.53. The molecule has 0 aliphatic heterocycles. The van der Waals surface area contributed by atoms with E-state index in [2.05, 4.69) is 59.2 Å². The summed E-state index contributed by atoms with van der Waals surface area (Å²) in [5.41, 5.74) is 8.16. The maximum Gasteiger partial charge on any atom is 0.201 e. The third-order valence-corrected chi connectivity index (χ3v) is 4.34. The van der Waals surface area contributed by atoms with Gasteiger partial charge >= 0.3 is 0 Å². The number of fused-ring (bicyclic) bond motifs is 1. The zero-order chi connectivity index (χ0) is 14.2. The van der Waals surface area contributed by atoms with Gasteiger partial charge in [0, 0.05) is 11.0 Å². The van der Waals surface area contributed by atoms with E-state index in [1.165, 1.54) is 0 Å². The Kier molecular flexibility index (Phi) is 4.19. The van der Waals surface area contributed by atoms with E-state index in [0.29, 0.717) is 23.7 Å². The summed E-state index contributed by atoms with van der Waals surface area (Å²) < 4.78 is 3.18. The number of hydrogen-bond donors (Lipinski definition) is 1. The molecule has 0 fully saturated rings. The van der Waals surface area contributed by atoms with Gasteiger partial charge in [0.2, 0.25) is 5.95 Å².